The molecule has 0 aliphatic carbocycles. The maximum absolute atomic E-state index is 12.4. The molecule has 0 radical (unpaired) electrons. The zero-order valence-corrected chi connectivity index (χ0v) is 14.5. The number of fused-ring (bicyclic) bond motifs is 1. The predicted octanol–water partition coefficient (Wildman–Crippen LogP) is 3.99. The van der Waals surface area contributed by atoms with Crippen LogP contribution in [0.2, 0.25) is 5.02 Å². The van der Waals surface area contributed by atoms with Crippen LogP contribution in [0.5, 0.6) is 0 Å². The first-order valence-corrected chi connectivity index (χ1v) is 8.46. The van der Waals surface area contributed by atoms with E-state index in [1.54, 1.807) is 30.3 Å². The monoisotopic (exact) mass is 356 g/mol. The lowest BCUT2D eigenvalue weighted by Crippen LogP contribution is -2.30. The van der Waals surface area contributed by atoms with Crippen molar-refractivity contribution in [2.24, 2.45) is 0 Å². The van der Waals surface area contributed by atoms with E-state index in [1.807, 2.05) is 6.92 Å². The first kappa shape index (κ1) is 17.2. The Morgan fingerprint density at radius 2 is 1.84 bits per heavy atom. The van der Waals surface area contributed by atoms with E-state index in [-0.39, 0.29) is 23.3 Å². The Bertz CT molecular complexity index is 863. The van der Waals surface area contributed by atoms with E-state index >= 15 is 0 Å². The number of hydrogen-bond donors (Lipinski definition) is 1. The number of imide groups is 1. The van der Waals surface area contributed by atoms with Crippen molar-refractivity contribution in [3.8, 4) is 0 Å². The van der Waals surface area contributed by atoms with Crippen LogP contribution in [0.4, 0.5) is 5.69 Å². The van der Waals surface area contributed by atoms with Gasteiger partial charge in [0.1, 0.15) is 0 Å². The van der Waals surface area contributed by atoms with E-state index in [9.17, 15) is 14.4 Å². The molecular formula is C19H17ClN2O3. The van der Waals surface area contributed by atoms with Crippen LogP contribution >= 0.6 is 11.6 Å². The number of nitrogens with zero attached hydrogens (tertiary/aromatic N) is 1. The Kier molecular flexibility index (Phi) is 4.86. The molecule has 128 valence electrons. The molecule has 3 amide bonds. The number of anilines is 1. The molecule has 5 nitrogen and oxygen atoms in total. The highest BCUT2D eigenvalue weighted by molar-refractivity contribution is 6.31. The summed E-state index contributed by atoms with van der Waals surface area (Å²) in [7, 11) is 0. The van der Waals surface area contributed by atoms with Crippen molar-refractivity contribution in [2.45, 2.75) is 19.8 Å². The zero-order valence-electron chi connectivity index (χ0n) is 13.7. The Morgan fingerprint density at radius 1 is 1.08 bits per heavy atom. The molecule has 6 heteroatoms. The van der Waals surface area contributed by atoms with Crippen molar-refractivity contribution in [3.05, 3.63) is 64.2 Å². The van der Waals surface area contributed by atoms with Crippen molar-refractivity contribution in [1.29, 1.82) is 0 Å². The summed E-state index contributed by atoms with van der Waals surface area (Å²) in [6, 6.07) is 11.4. The van der Waals surface area contributed by atoms with Gasteiger partial charge >= 0.3 is 0 Å². The third-order valence-corrected chi connectivity index (χ3v) is 4.29. The highest BCUT2D eigenvalue weighted by atomic mass is 35.5. The van der Waals surface area contributed by atoms with Gasteiger partial charge in [-0.25, -0.2) is 0 Å². The van der Waals surface area contributed by atoms with Gasteiger partial charge < -0.3 is 5.32 Å². The van der Waals surface area contributed by atoms with Crippen molar-refractivity contribution in [3.63, 3.8) is 0 Å². The molecule has 1 aliphatic rings. The summed E-state index contributed by atoms with van der Waals surface area (Å²) in [5, 5.41) is 3.24. The fraction of sp³-hybridized carbons (Fsp3) is 0.211. The average molecular weight is 357 g/mol. The summed E-state index contributed by atoms with van der Waals surface area (Å²) in [4.78, 5) is 38.4. The lowest BCUT2D eigenvalue weighted by Gasteiger charge is -2.12. The van der Waals surface area contributed by atoms with Crippen LogP contribution in [-0.4, -0.2) is 29.2 Å². The van der Waals surface area contributed by atoms with Gasteiger partial charge in [0.25, 0.3) is 17.7 Å². The number of hydrogen-bond acceptors (Lipinski definition) is 3. The van der Waals surface area contributed by atoms with Crippen molar-refractivity contribution in [1.82, 2.24) is 4.90 Å². The summed E-state index contributed by atoms with van der Waals surface area (Å²) >= 11 is 5.90. The first-order valence-electron chi connectivity index (χ1n) is 8.08. The number of carbonyl (C=O) groups excluding carboxylic acids is 3. The summed E-state index contributed by atoms with van der Waals surface area (Å²) in [6.07, 6.45) is 1.65. The van der Waals surface area contributed by atoms with Gasteiger partial charge in [0, 0.05) is 22.8 Å². The quantitative estimate of drug-likeness (QED) is 0.824. The van der Waals surface area contributed by atoms with Gasteiger partial charge in [-0.1, -0.05) is 31.0 Å². The van der Waals surface area contributed by atoms with E-state index < -0.39 is 0 Å². The van der Waals surface area contributed by atoms with Gasteiger partial charge in [-0.15, -0.1) is 0 Å². The second-order valence-corrected chi connectivity index (χ2v) is 6.28. The molecule has 0 aromatic heterocycles. The molecule has 0 unspecified atom stereocenters. The van der Waals surface area contributed by atoms with E-state index in [0.717, 1.165) is 12.8 Å². The number of nitrogens with one attached hydrogen (secondary N) is 1. The first-order chi connectivity index (χ1) is 12.0. The van der Waals surface area contributed by atoms with Gasteiger partial charge in [0.2, 0.25) is 0 Å². The number of halogens is 1. The summed E-state index contributed by atoms with van der Waals surface area (Å²) < 4.78 is 0. The van der Waals surface area contributed by atoms with E-state index in [0.29, 0.717) is 28.4 Å². The van der Waals surface area contributed by atoms with Gasteiger partial charge in [-0.05, 0) is 42.8 Å². The van der Waals surface area contributed by atoms with Crippen molar-refractivity contribution in [2.75, 3.05) is 11.9 Å². The van der Waals surface area contributed by atoms with Crippen LogP contribution in [0.1, 0.15) is 50.8 Å². The van der Waals surface area contributed by atoms with Crippen molar-refractivity contribution >= 4 is 35.0 Å². The number of carbonyl (C=O) groups is 3. The fourth-order valence-electron chi connectivity index (χ4n) is 2.72. The topological polar surface area (TPSA) is 66.5 Å². The van der Waals surface area contributed by atoms with E-state index in [4.69, 9.17) is 11.6 Å². The molecule has 1 aliphatic heterocycles. The van der Waals surface area contributed by atoms with Crippen LogP contribution < -0.4 is 5.32 Å². The standard InChI is InChI=1S/C19H17ClN2O3/c1-2-3-9-22-18(24)15-8-7-12(10-16(15)19(22)25)17(23)21-14-6-4-5-13(20)11-14/h4-8,10-11H,2-3,9H2,1H3,(H,21,23). The van der Waals surface area contributed by atoms with Crippen LogP contribution in [0.15, 0.2) is 42.5 Å². The molecular weight excluding hydrogens is 340 g/mol. The van der Waals surface area contributed by atoms with Gasteiger partial charge in [-0.2, -0.15) is 0 Å². The summed E-state index contributed by atoms with van der Waals surface area (Å²) in [5.41, 5.74) is 1.50. The molecule has 0 spiro atoms. The molecule has 0 atom stereocenters. The Hall–Kier alpha value is -2.66. The predicted molar refractivity (Wildman–Crippen MR) is 96.1 cm³/mol. The molecule has 1 N–H and O–H groups in total. The minimum absolute atomic E-state index is 0.278. The Balaban J connectivity index is 1.83. The average Bonchev–Trinajstić information content (AvgIpc) is 2.83. The van der Waals surface area contributed by atoms with E-state index in [2.05, 4.69) is 5.32 Å². The zero-order chi connectivity index (χ0) is 18.0. The summed E-state index contributed by atoms with van der Waals surface area (Å²) in [6.45, 7) is 2.39. The maximum atomic E-state index is 12.4. The number of benzene rings is 2. The second-order valence-electron chi connectivity index (χ2n) is 5.84. The highest BCUT2D eigenvalue weighted by Gasteiger charge is 2.35. The van der Waals surface area contributed by atoms with Crippen LogP contribution in [-0.2, 0) is 0 Å². The molecule has 2 aromatic carbocycles. The lowest BCUT2D eigenvalue weighted by molar-refractivity contribution is 0.0652. The third-order valence-electron chi connectivity index (χ3n) is 4.05. The molecule has 0 bridgehead atoms. The second kappa shape index (κ2) is 7.07. The van der Waals surface area contributed by atoms with Gasteiger partial charge in [0.15, 0.2) is 0 Å². The Labute approximate surface area is 150 Å². The van der Waals surface area contributed by atoms with Gasteiger partial charge in [0.05, 0.1) is 11.1 Å². The van der Waals surface area contributed by atoms with Crippen molar-refractivity contribution < 1.29 is 14.4 Å². The molecule has 0 saturated carbocycles. The number of amides is 3. The largest absolute Gasteiger partial charge is 0.322 e. The fourth-order valence-corrected chi connectivity index (χ4v) is 2.91. The molecule has 3 rings (SSSR count). The van der Waals surface area contributed by atoms with Crippen LogP contribution in [0.25, 0.3) is 0 Å². The summed E-state index contributed by atoms with van der Waals surface area (Å²) in [5.74, 6) is -1.00. The molecule has 25 heavy (non-hydrogen) atoms. The normalized spacial score (nSPS) is 13.1. The molecule has 0 saturated heterocycles. The maximum Gasteiger partial charge on any atom is 0.261 e. The number of rotatable bonds is 5. The third kappa shape index (κ3) is 3.42. The van der Waals surface area contributed by atoms with E-state index in [1.165, 1.54) is 17.0 Å². The van der Waals surface area contributed by atoms with Gasteiger partial charge in [-0.3, -0.25) is 19.3 Å². The van der Waals surface area contributed by atoms with Crippen LogP contribution in [0.3, 0.4) is 0 Å². The lowest BCUT2D eigenvalue weighted by atomic mass is 10.1. The minimum atomic E-state index is -0.364. The molecule has 1 heterocycles. The minimum Gasteiger partial charge on any atom is -0.322 e. The smallest absolute Gasteiger partial charge is 0.261 e. The Morgan fingerprint density at radius 3 is 2.56 bits per heavy atom. The molecule has 0 fully saturated rings. The van der Waals surface area contributed by atoms with Crippen LogP contribution in [0, 0.1) is 0 Å². The SMILES string of the molecule is CCCCN1C(=O)c2ccc(C(=O)Nc3cccc(Cl)c3)cc2C1=O. The highest BCUT2D eigenvalue weighted by Crippen LogP contribution is 2.25. The number of unbranched alkanes of at least 4 members (excludes halogenated alkanes) is 1. The molecule has 2 aromatic rings.